The van der Waals surface area contributed by atoms with E-state index in [1.165, 1.54) is 24.6 Å². The maximum absolute atomic E-state index is 12.1. The summed E-state index contributed by atoms with van der Waals surface area (Å²) in [4.78, 5) is 63.2. The highest BCUT2D eigenvalue weighted by molar-refractivity contribution is 5.68. The molecule has 0 radical (unpaired) electrons. The van der Waals surface area contributed by atoms with Crippen molar-refractivity contribution in [3.63, 3.8) is 0 Å². The molecule has 0 saturated carbocycles. The van der Waals surface area contributed by atoms with Crippen LogP contribution in [0.25, 0.3) is 0 Å². The number of aromatic nitrogens is 2. The van der Waals surface area contributed by atoms with Crippen LogP contribution < -0.4 is 10.3 Å². The van der Waals surface area contributed by atoms with Gasteiger partial charge < -0.3 is 28.4 Å². The predicted octanol–water partition coefficient (Wildman–Crippen LogP) is 0.206. The fourth-order valence-corrected chi connectivity index (χ4v) is 3.40. The van der Waals surface area contributed by atoms with Crippen LogP contribution in [0.2, 0.25) is 0 Å². The highest BCUT2D eigenvalue weighted by Gasteiger charge is 2.53. The zero-order valence-corrected chi connectivity index (χ0v) is 19.8. The van der Waals surface area contributed by atoms with Gasteiger partial charge in [0, 0.05) is 39.5 Å². The number of ether oxygens (including phenoxy) is 6. The molecule has 0 aliphatic carbocycles. The van der Waals surface area contributed by atoms with Gasteiger partial charge in [0.15, 0.2) is 24.5 Å². The van der Waals surface area contributed by atoms with Crippen molar-refractivity contribution in [2.75, 3.05) is 13.2 Å². The highest BCUT2D eigenvalue weighted by atomic mass is 16.7. The van der Waals surface area contributed by atoms with Crippen molar-refractivity contribution < 1.29 is 47.6 Å². The lowest BCUT2D eigenvalue weighted by Crippen LogP contribution is -2.60. The van der Waals surface area contributed by atoms with Gasteiger partial charge in [-0.15, -0.1) is 0 Å². The third-order valence-electron chi connectivity index (χ3n) is 4.60. The maximum atomic E-state index is 12.1. The lowest BCUT2D eigenvalue weighted by molar-refractivity contribution is -0.269. The molecule has 34 heavy (non-hydrogen) atoms. The Hall–Kier alpha value is -3.48. The number of hydrogen-bond donors (Lipinski definition) is 0. The van der Waals surface area contributed by atoms with Crippen molar-refractivity contribution in [1.82, 2.24) is 9.55 Å². The normalized spacial score (nSPS) is 24.0. The van der Waals surface area contributed by atoms with E-state index in [1.54, 1.807) is 6.92 Å². The van der Waals surface area contributed by atoms with Crippen LogP contribution in [0.4, 0.5) is 0 Å². The summed E-state index contributed by atoms with van der Waals surface area (Å²) in [5, 5.41) is 0. The highest BCUT2D eigenvalue weighted by Crippen LogP contribution is 2.36. The molecule has 1 fully saturated rings. The molecule has 2 rings (SSSR count). The van der Waals surface area contributed by atoms with Gasteiger partial charge in [0.05, 0.1) is 6.61 Å². The fourth-order valence-electron chi connectivity index (χ4n) is 3.40. The number of aryl methyl sites for hydroxylation is 1. The van der Waals surface area contributed by atoms with Crippen molar-refractivity contribution in [2.45, 2.75) is 72.2 Å². The summed E-state index contributed by atoms with van der Waals surface area (Å²) in [6, 6.07) is -0.154. The Labute approximate surface area is 195 Å². The molecule has 13 heteroatoms. The molecule has 2 heterocycles. The summed E-state index contributed by atoms with van der Waals surface area (Å²) in [6.45, 7) is 7.49. The average molecular weight is 484 g/mol. The molecular weight excluding hydrogens is 456 g/mol. The van der Waals surface area contributed by atoms with Crippen molar-refractivity contribution in [1.29, 1.82) is 0 Å². The van der Waals surface area contributed by atoms with Crippen LogP contribution in [-0.4, -0.2) is 71.1 Å². The first-order chi connectivity index (χ1) is 15.9. The molecule has 1 aromatic rings. The molecule has 0 spiro atoms. The molecule has 1 aliphatic rings. The topological polar surface area (TPSA) is 159 Å². The van der Waals surface area contributed by atoms with Crippen LogP contribution in [0.15, 0.2) is 11.0 Å². The second kappa shape index (κ2) is 11.6. The minimum absolute atomic E-state index is 0.140. The Morgan fingerprint density at radius 3 is 2.03 bits per heavy atom. The molecule has 0 amide bonds. The smallest absolute Gasteiger partial charge is 0.303 e. The third kappa shape index (κ3) is 6.76. The SMILES string of the molecule is CCOc1nc(=O)c(C)cn1C1O[C@H](COC(C)=O)[C@@H](OC(C)=O)[C@H](OC(C)=O)[C@H]1OC(C)=O. The predicted molar refractivity (Wildman–Crippen MR) is 112 cm³/mol. The number of carbonyl (C=O) groups excluding carboxylic acids is 4. The molecule has 1 saturated heterocycles. The minimum atomic E-state index is -1.36. The Bertz CT molecular complexity index is 989. The van der Waals surface area contributed by atoms with E-state index in [-0.39, 0.29) is 24.8 Å². The van der Waals surface area contributed by atoms with Gasteiger partial charge in [-0.25, -0.2) is 0 Å². The first kappa shape index (κ1) is 26.8. The minimum Gasteiger partial charge on any atom is -0.465 e. The lowest BCUT2D eigenvalue weighted by Gasteiger charge is -2.45. The van der Waals surface area contributed by atoms with Crippen LogP contribution in [0.3, 0.4) is 0 Å². The van der Waals surface area contributed by atoms with Gasteiger partial charge in [0.25, 0.3) is 5.56 Å². The van der Waals surface area contributed by atoms with Gasteiger partial charge >= 0.3 is 29.9 Å². The summed E-state index contributed by atoms with van der Waals surface area (Å²) >= 11 is 0. The van der Waals surface area contributed by atoms with E-state index >= 15 is 0 Å². The molecule has 1 aromatic heterocycles. The fraction of sp³-hybridized carbons (Fsp3) is 0.619. The van der Waals surface area contributed by atoms with Crippen LogP contribution in [0, 0.1) is 6.92 Å². The first-order valence-electron chi connectivity index (χ1n) is 10.5. The maximum Gasteiger partial charge on any atom is 0.303 e. The summed E-state index contributed by atoms with van der Waals surface area (Å²) < 4.78 is 34.1. The van der Waals surface area contributed by atoms with Gasteiger partial charge in [0.2, 0.25) is 0 Å². The number of carbonyl (C=O) groups is 4. The molecule has 5 atom stereocenters. The van der Waals surface area contributed by atoms with E-state index < -0.39 is 60.1 Å². The number of hydrogen-bond acceptors (Lipinski definition) is 12. The molecule has 0 bridgehead atoms. The summed E-state index contributed by atoms with van der Waals surface area (Å²) in [6.07, 6.45) is -5.06. The Balaban J connectivity index is 2.69. The van der Waals surface area contributed by atoms with E-state index in [0.29, 0.717) is 0 Å². The molecule has 0 N–H and O–H groups in total. The molecular formula is C21H28N2O11. The number of nitrogens with zero attached hydrogens (tertiary/aromatic N) is 2. The van der Waals surface area contributed by atoms with Crippen LogP contribution in [0.5, 0.6) is 6.01 Å². The second-order valence-electron chi connectivity index (χ2n) is 7.44. The Morgan fingerprint density at radius 1 is 0.941 bits per heavy atom. The third-order valence-corrected chi connectivity index (χ3v) is 4.60. The van der Waals surface area contributed by atoms with Crippen LogP contribution in [-0.2, 0) is 42.9 Å². The van der Waals surface area contributed by atoms with Gasteiger partial charge in [-0.1, -0.05) is 0 Å². The molecule has 1 unspecified atom stereocenters. The largest absolute Gasteiger partial charge is 0.465 e. The number of rotatable bonds is 8. The van der Waals surface area contributed by atoms with E-state index in [2.05, 4.69) is 4.98 Å². The lowest BCUT2D eigenvalue weighted by atomic mass is 9.97. The van der Waals surface area contributed by atoms with Crippen LogP contribution in [0.1, 0.15) is 46.4 Å². The van der Waals surface area contributed by atoms with Crippen molar-refractivity contribution in [2.24, 2.45) is 0 Å². The van der Waals surface area contributed by atoms with E-state index in [4.69, 9.17) is 28.4 Å². The molecule has 1 aliphatic heterocycles. The van der Waals surface area contributed by atoms with E-state index in [9.17, 15) is 24.0 Å². The standard InChI is InChI=1S/C21H28N2O11/c1-7-29-21-22-19(28)10(2)8-23(21)20-18(33-14(6)27)17(32-13(5)26)16(31-12(4)25)15(34-20)9-30-11(3)24/h8,15-18,20H,7,9H2,1-6H3/t15-,16-,17+,18-,20?/m1/s1. The van der Waals surface area contributed by atoms with E-state index in [1.807, 2.05) is 0 Å². The van der Waals surface area contributed by atoms with E-state index in [0.717, 1.165) is 20.8 Å². The summed E-state index contributed by atoms with van der Waals surface area (Å²) in [7, 11) is 0. The quantitative estimate of drug-likeness (QED) is 0.365. The number of esters is 4. The van der Waals surface area contributed by atoms with Gasteiger partial charge in [-0.2, -0.15) is 4.98 Å². The zero-order valence-electron chi connectivity index (χ0n) is 19.8. The Kier molecular flexibility index (Phi) is 9.12. The molecule has 0 aromatic carbocycles. The summed E-state index contributed by atoms with van der Waals surface area (Å²) in [5.41, 5.74) is -0.332. The molecule has 13 nitrogen and oxygen atoms in total. The zero-order chi connectivity index (χ0) is 25.6. The second-order valence-corrected chi connectivity index (χ2v) is 7.44. The monoisotopic (exact) mass is 484 g/mol. The average Bonchev–Trinajstić information content (AvgIpc) is 2.71. The van der Waals surface area contributed by atoms with Crippen molar-refractivity contribution in [3.8, 4) is 6.01 Å². The van der Waals surface area contributed by atoms with Gasteiger partial charge in [-0.05, 0) is 13.8 Å². The Morgan fingerprint density at radius 2 is 1.50 bits per heavy atom. The van der Waals surface area contributed by atoms with Crippen molar-refractivity contribution >= 4 is 23.9 Å². The van der Waals surface area contributed by atoms with Gasteiger partial charge in [-0.3, -0.25) is 28.5 Å². The summed E-state index contributed by atoms with van der Waals surface area (Å²) in [5.74, 6) is -2.89. The van der Waals surface area contributed by atoms with Crippen LogP contribution >= 0.6 is 0 Å². The molecule has 188 valence electrons. The first-order valence-corrected chi connectivity index (χ1v) is 10.5. The van der Waals surface area contributed by atoms with Gasteiger partial charge in [0.1, 0.15) is 12.7 Å². The van der Waals surface area contributed by atoms with Crippen molar-refractivity contribution in [3.05, 3.63) is 22.1 Å².